The van der Waals surface area contributed by atoms with E-state index in [1.165, 1.54) is 4.88 Å². The standard InChI is InChI=1S/C14H18N4OS/c1-9(16-7-13-8-17-10(2)20-13)11-3-5-12(6-4-11)18-14(15)19/h3-6,8-9,16H,7H2,1-2H3,(H3,15,18,19). The van der Waals surface area contributed by atoms with Crippen molar-refractivity contribution in [3.05, 3.63) is 45.9 Å². The minimum absolute atomic E-state index is 0.222. The SMILES string of the molecule is Cc1ncc(CNC(C)c2ccc(NC(N)=O)cc2)s1. The number of benzene rings is 1. The van der Waals surface area contributed by atoms with Crippen molar-refractivity contribution in [3.8, 4) is 0 Å². The Hall–Kier alpha value is -1.92. The molecule has 2 aromatic rings. The van der Waals surface area contributed by atoms with Gasteiger partial charge in [0, 0.05) is 29.3 Å². The van der Waals surface area contributed by atoms with Crippen LogP contribution in [0.15, 0.2) is 30.5 Å². The first kappa shape index (κ1) is 14.5. The van der Waals surface area contributed by atoms with E-state index in [-0.39, 0.29) is 6.04 Å². The van der Waals surface area contributed by atoms with Crippen molar-refractivity contribution in [2.75, 3.05) is 5.32 Å². The van der Waals surface area contributed by atoms with Gasteiger partial charge in [-0.3, -0.25) is 0 Å². The van der Waals surface area contributed by atoms with Gasteiger partial charge >= 0.3 is 6.03 Å². The Balaban J connectivity index is 1.91. The van der Waals surface area contributed by atoms with Gasteiger partial charge < -0.3 is 16.4 Å². The Labute approximate surface area is 122 Å². The summed E-state index contributed by atoms with van der Waals surface area (Å²) in [5.41, 5.74) is 6.92. The number of thiazole rings is 1. The molecule has 0 fully saturated rings. The maximum atomic E-state index is 10.7. The lowest BCUT2D eigenvalue weighted by Crippen LogP contribution is -2.19. The number of urea groups is 1. The normalized spacial score (nSPS) is 12.1. The first-order chi connectivity index (χ1) is 9.54. The molecule has 1 aromatic heterocycles. The van der Waals surface area contributed by atoms with Gasteiger partial charge in [0.25, 0.3) is 0 Å². The van der Waals surface area contributed by atoms with Crippen molar-refractivity contribution in [1.82, 2.24) is 10.3 Å². The number of amides is 2. The molecule has 1 aromatic carbocycles. The summed E-state index contributed by atoms with van der Waals surface area (Å²) in [6.07, 6.45) is 1.90. The number of aromatic nitrogens is 1. The highest BCUT2D eigenvalue weighted by Gasteiger charge is 2.06. The fourth-order valence-electron chi connectivity index (χ4n) is 1.86. The van der Waals surface area contributed by atoms with Gasteiger partial charge in [0.1, 0.15) is 0 Å². The molecule has 0 bridgehead atoms. The highest BCUT2D eigenvalue weighted by atomic mass is 32.1. The molecular weight excluding hydrogens is 272 g/mol. The van der Waals surface area contributed by atoms with E-state index in [1.54, 1.807) is 11.3 Å². The topological polar surface area (TPSA) is 80.0 Å². The van der Waals surface area contributed by atoms with E-state index in [2.05, 4.69) is 22.5 Å². The van der Waals surface area contributed by atoms with E-state index in [0.29, 0.717) is 5.69 Å². The number of anilines is 1. The second kappa shape index (κ2) is 6.49. The number of primary amides is 1. The van der Waals surface area contributed by atoms with E-state index in [9.17, 15) is 4.79 Å². The Morgan fingerprint density at radius 3 is 2.65 bits per heavy atom. The summed E-state index contributed by atoms with van der Waals surface area (Å²) in [4.78, 5) is 16.2. The number of nitrogens with zero attached hydrogens (tertiary/aromatic N) is 1. The third-order valence-corrected chi connectivity index (χ3v) is 3.84. The average Bonchev–Trinajstić information content (AvgIpc) is 2.82. The van der Waals surface area contributed by atoms with Gasteiger partial charge in [-0.25, -0.2) is 9.78 Å². The number of nitrogens with one attached hydrogen (secondary N) is 2. The molecule has 2 rings (SSSR count). The second-order valence-electron chi connectivity index (χ2n) is 4.56. The lowest BCUT2D eigenvalue weighted by atomic mass is 10.1. The van der Waals surface area contributed by atoms with E-state index in [0.717, 1.165) is 17.1 Å². The molecule has 1 unspecified atom stereocenters. The second-order valence-corrected chi connectivity index (χ2v) is 5.88. The minimum atomic E-state index is -0.551. The number of hydrogen-bond donors (Lipinski definition) is 3. The zero-order valence-corrected chi connectivity index (χ0v) is 12.3. The lowest BCUT2D eigenvalue weighted by Gasteiger charge is -2.14. The van der Waals surface area contributed by atoms with Gasteiger partial charge in [0.05, 0.1) is 5.01 Å². The summed E-state index contributed by atoms with van der Waals surface area (Å²) >= 11 is 1.70. The van der Waals surface area contributed by atoms with Crippen LogP contribution in [0.2, 0.25) is 0 Å². The van der Waals surface area contributed by atoms with Gasteiger partial charge in [-0.15, -0.1) is 11.3 Å². The van der Waals surface area contributed by atoms with Gasteiger partial charge in [-0.1, -0.05) is 12.1 Å². The molecule has 5 nitrogen and oxygen atoms in total. The Morgan fingerprint density at radius 1 is 1.40 bits per heavy atom. The Morgan fingerprint density at radius 2 is 2.10 bits per heavy atom. The van der Waals surface area contributed by atoms with Gasteiger partial charge in [-0.05, 0) is 31.5 Å². The van der Waals surface area contributed by atoms with Crippen molar-refractivity contribution in [3.63, 3.8) is 0 Å². The van der Waals surface area contributed by atoms with Crippen LogP contribution in [0.4, 0.5) is 10.5 Å². The van der Waals surface area contributed by atoms with Crippen LogP contribution in [0.25, 0.3) is 0 Å². The number of hydrogen-bond acceptors (Lipinski definition) is 4. The summed E-state index contributed by atoms with van der Waals surface area (Å²) in [5.74, 6) is 0. The zero-order valence-electron chi connectivity index (χ0n) is 11.5. The number of rotatable bonds is 5. The molecule has 106 valence electrons. The number of carbonyl (C=O) groups is 1. The molecule has 0 saturated heterocycles. The van der Waals surface area contributed by atoms with Crippen molar-refractivity contribution in [2.24, 2.45) is 5.73 Å². The molecule has 0 spiro atoms. The van der Waals surface area contributed by atoms with Crippen LogP contribution in [-0.4, -0.2) is 11.0 Å². The van der Waals surface area contributed by atoms with Crippen LogP contribution in [0.1, 0.15) is 28.4 Å². The smallest absolute Gasteiger partial charge is 0.316 e. The maximum absolute atomic E-state index is 10.7. The highest BCUT2D eigenvalue weighted by Crippen LogP contribution is 2.18. The molecule has 0 aliphatic rings. The number of aryl methyl sites for hydroxylation is 1. The average molecular weight is 290 g/mol. The summed E-state index contributed by atoms with van der Waals surface area (Å²) in [6, 6.07) is 7.30. The predicted octanol–water partition coefficient (Wildman–Crippen LogP) is 2.79. The van der Waals surface area contributed by atoms with Crippen LogP contribution in [-0.2, 0) is 6.54 Å². The summed E-state index contributed by atoms with van der Waals surface area (Å²) in [6.45, 7) is 4.90. The third-order valence-electron chi connectivity index (χ3n) is 2.93. The largest absolute Gasteiger partial charge is 0.351 e. The van der Waals surface area contributed by atoms with Crippen molar-refractivity contribution in [2.45, 2.75) is 26.4 Å². The van der Waals surface area contributed by atoms with E-state index in [4.69, 9.17) is 5.73 Å². The summed E-state index contributed by atoms with van der Waals surface area (Å²) in [5, 5.41) is 7.07. The maximum Gasteiger partial charge on any atom is 0.316 e. The lowest BCUT2D eigenvalue weighted by molar-refractivity contribution is 0.259. The monoisotopic (exact) mass is 290 g/mol. The van der Waals surface area contributed by atoms with Crippen molar-refractivity contribution < 1.29 is 4.79 Å². The molecule has 1 atom stereocenters. The summed E-state index contributed by atoms with van der Waals surface area (Å²) in [7, 11) is 0. The summed E-state index contributed by atoms with van der Waals surface area (Å²) < 4.78 is 0. The number of carbonyl (C=O) groups excluding carboxylic acids is 1. The van der Waals surface area contributed by atoms with E-state index >= 15 is 0 Å². The van der Waals surface area contributed by atoms with Crippen LogP contribution >= 0.6 is 11.3 Å². The quantitative estimate of drug-likeness (QED) is 0.792. The van der Waals surface area contributed by atoms with Crippen molar-refractivity contribution >= 4 is 23.1 Å². The van der Waals surface area contributed by atoms with Crippen molar-refractivity contribution in [1.29, 1.82) is 0 Å². The van der Waals surface area contributed by atoms with Gasteiger partial charge in [0.2, 0.25) is 0 Å². The van der Waals surface area contributed by atoms with Crippen LogP contribution in [0, 0.1) is 6.92 Å². The molecule has 0 saturated carbocycles. The first-order valence-electron chi connectivity index (χ1n) is 6.35. The molecule has 20 heavy (non-hydrogen) atoms. The molecular formula is C14H18N4OS. The predicted molar refractivity (Wildman–Crippen MR) is 81.8 cm³/mol. The molecule has 1 heterocycles. The van der Waals surface area contributed by atoms with Crippen LogP contribution in [0.3, 0.4) is 0 Å². The molecule has 4 N–H and O–H groups in total. The molecule has 2 amide bonds. The van der Waals surface area contributed by atoms with Crippen LogP contribution < -0.4 is 16.4 Å². The van der Waals surface area contributed by atoms with E-state index < -0.39 is 6.03 Å². The van der Waals surface area contributed by atoms with Crippen LogP contribution in [0.5, 0.6) is 0 Å². The first-order valence-corrected chi connectivity index (χ1v) is 7.17. The molecule has 0 radical (unpaired) electrons. The fraction of sp³-hybridized carbons (Fsp3) is 0.286. The fourth-order valence-corrected chi connectivity index (χ4v) is 2.60. The molecule has 0 aliphatic heterocycles. The Kier molecular flexibility index (Phi) is 4.70. The minimum Gasteiger partial charge on any atom is -0.351 e. The van der Waals surface area contributed by atoms with Gasteiger partial charge in [-0.2, -0.15) is 0 Å². The van der Waals surface area contributed by atoms with Gasteiger partial charge in [0.15, 0.2) is 0 Å². The van der Waals surface area contributed by atoms with E-state index in [1.807, 2.05) is 37.4 Å². The molecule has 0 aliphatic carbocycles. The Bertz CT molecular complexity index is 579. The zero-order chi connectivity index (χ0) is 14.5. The highest BCUT2D eigenvalue weighted by molar-refractivity contribution is 7.11. The number of nitrogens with two attached hydrogens (primary N) is 1. The third kappa shape index (κ3) is 4.04. The molecule has 6 heteroatoms.